The molecule has 0 fully saturated rings. The smallest absolute Gasteiger partial charge is 0.577 e. The van der Waals surface area contributed by atoms with Crippen molar-refractivity contribution in [1.29, 1.82) is 31.6 Å². The van der Waals surface area contributed by atoms with Crippen LogP contribution in [0.25, 0.3) is 16.8 Å². The van der Waals surface area contributed by atoms with Crippen molar-refractivity contribution in [1.82, 2.24) is 0 Å². The Hall–Kier alpha value is -1.87. The van der Waals surface area contributed by atoms with Crippen LogP contribution in [0, 0.1) is 85.7 Å². The second-order valence-corrected chi connectivity index (χ2v) is 0. The molecule has 12 nitrogen and oxygen atoms in total. The molecule has 0 N–H and O–H groups in total. The Bertz CT molecular complexity index is 149. The second kappa shape index (κ2) is 1800. The van der Waals surface area contributed by atoms with Crippen molar-refractivity contribution in [3.8, 4) is 0 Å². The number of nitroso groups, excluding NO2 is 3. The van der Waals surface area contributed by atoms with Crippen molar-refractivity contribution >= 4 is 0 Å². The van der Waals surface area contributed by atoms with Crippen molar-refractivity contribution in [2.24, 2.45) is 0 Å². The molecule has 0 aromatic carbocycles. The standard InChI is InChI=1S/6CN.Fe.3NO.3Zn/c6*1-2;;3*1-2;;;/q6*-1;+3;3*-1;3*+2. The quantitative estimate of drug-likeness (QED) is 0.346. The van der Waals surface area contributed by atoms with Crippen molar-refractivity contribution in [3.63, 3.8) is 0 Å². The molecule has 0 aromatic rings. The van der Waals surface area contributed by atoms with E-state index in [1.807, 2.05) is 0 Å². The number of hydrogen-bond acceptors (Lipinski definition) is 9. The zero-order valence-electron chi connectivity index (χ0n) is 10.7. The van der Waals surface area contributed by atoms with Crippen molar-refractivity contribution in [2.45, 2.75) is 0 Å². The fourth-order valence-corrected chi connectivity index (χ4v) is 0. The van der Waals surface area contributed by atoms with Gasteiger partial charge in [-0.1, -0.05) is 0 Å². The predicted molar refractivity (Wildman–Crippen MR) is 50.0 cm³/mol. The van der Waals surface area contributed by atoms with E-state index in [4.69, 9.17) is 103 Å². The minimum atomic E-state index is 0. The Labute approximate surface area is 177 Å². The van der Waals surface area contributed by atoms with Crippen LogP contribution in [0.4, 0.5) is 0 Å². The van der Waals surface area contributed by atoms with E-state index in [9.17, 15) is 0 Å². The Morgan fingerprint density at radius 2 is 0.364 bits per heavy atom. The zero-order valence-corrected chi connectivity index (χ0v) is 20.7. The average Bonchev–Trinajstić information content (AvgIpc) is 2.63. The third kappa shape index (κ3) is 1520. The number of nitrogens with zero attached hydrogens (tertiary/aromatic N) is 9. The average molecular weight is 498 g/mol. The van der Waals surface area contributed by atoms with Crippen molar-refractivity contribution in [2.75, 3.05) is 0 Å². The summed E-state index contributed by atoms with van der Waals surface area (Å²) in [6.45, 7) is 28.5. The van der Waals surface area contributed by atoms with Gasteiger partial charge in [0.25, 0.3) is 0 Å². The topological polar surface area (TPSA) is 261 Å². The Morgan fingerprint density at radius 3 is 0.364 bits per heavy atom. The van der Waals surface area contributed by atoms with E-state index in [-0.39, 0.29) is 75.5 Å². The van der Waals surface area contributed by atoms with Crippen molar-refractivity contribution in [3.05, 3.63) is 70.9 Å². The molecule has 101 valence electrons. The molecule has 0 atom stereocenters. The first kappa shape index (κ1) is 145. The van der Waals surface area contributed by atoms with Crippen LogP contribution in [0.3, 0.4) is 0 Å². The van der Waals surface area contributed by atoms with Gasteiger partial charge in [-0.05, 0) is 0 Å². The van der Waals surface area contributed by atoms with Gasteiger partial charge in [-0.25, -0.2) is 0 Å². The molecule has 0 aliphatic rings. The van der Waals surface area contributed by atoms with E-state index >= 15 is 0 Å². The van der Waals surface area contributed by atoms with Gasteiger partial charge in [-0.3, -0.25) is 0 Å². The van der Waals surface area contributed by atoms with Gasteiger partial charge in [0.2, 0.25) is 0 Å². The van der Waals surface area contributed by atoms with E-state index in [1.54, 1.807) is 0 Å². The summed E-state index contributed by atoms with van der Waals surface area (Å²) < 4.78 is 0. The first-order valence-corrected chi connectivity index (χ1v) is 1.89. The van der Waals surface area contributed by atoms with Gasteiger partial charge in [-0.2, -0.15) is 0 Å². The maximum atomic E-state index is 7.25. The summed E-state index contributed by atoms with van der Waals surface area (Å²) in [6.07, 6.45) is 0. The molecule has 0 saturated carbocycles. The first-order valence-electron chi connectivity index (χ1n) is 1.89. The summed E-state index contributed by atoms with van der Waals surface area (Å²) in [4.78, 5) is 21.8. The molecule has 1 radical (unpaired) electrons. The third-order valence-corrected chi connectivity index (χ3v) is 0. The van der Waals surface area contributed by atoms with Crippen LogP contribution in [-0.2, 0) is 75.5 Å². The van der Waals surface area contributed by atoms with Crippen LogP contribution in [0.2, 0.25) is 0 Å². The molecule has 0 saturated heterocycles. The first-order chi connectivity index (χ1) is 9.00. The summed E-state index contributed by atoms with van der Waals surface area (Å²) in [5, 5.41) is 37.5. The number of rotatable bonds is 0. The van der Waals surface area contributed by atoms with E-state index in [0.29, 0.717) is 0 Å². The summed E-state index contributed by atoms with van der Waals surface area (Å²) in [5.74, 6) is 0. The molecule has 0 aliphatic heterocycles. The molecular formula is C6FeN9O3Zn3. The van der Waals surface area contributed by atoms with E-state index in [2.05, 4.69) is 0 Å². The minimum absolute atomic E-state index is 0. The Kier molecular flexibility index (Phi) is 11800. The molecule has 0 aliphatic carbocycles. The van der Waals surface area contributed by atoms with Crippen LogP contribution in [0.15, 0.2) is 0 Å². The van der Waals surface area contributed by atoms with Crippen LogP contribution in [0.1, 0.15) is 0 Å². The zero-order chi connectivity index (χ0) is 18.0. The Balaban J connectivity index is -0.00000000368. The monoisotopic (exact) mass is 494 g/mol. The SMILES string of the molecule is [C-]#N.[C-]#N.[C-]#N.[C-]#N.[C-]#N.[C-]#N.[Fe+3].[N-]=O.[N-]=O.[N-]=O.[Zn+2].[Zn+2].[Zn+2]. The molecule has 0 amide bonds. The van der Waals surface area contributed by atoms with Gasteiger partial charge in [0.15, 0.2) is 0 Å². The maximum absolute atomic E-state index is 7.25. The Morgan fingerprint density at radius 1 is 0.364 bits per heavy atom. The van der Waals surface area contributed by atoms with E-state index in [1.165, 1.54) is 0 Å². The van der Waals surface area contributed by atoms with Gasteiger partial charge in [-0.15, -0.1) is 0 Å². The molecule has 0 spiro atoms. The largest absolute Gasteiger partial charge is 3.00 e. The molecule has 0 bridgehead atoms. The summed E-state index contributed by atoms with van der Waals surface area (Å²) in [6, 6.07) is 0. The molecule has 0 rings (SSSR count). The van der Waals surface area contributed by atoms with Crippen LogP contribution in [0.5, 0.6) is 0 Å². The van der Waals surface area contributed by atoms with E-state index in [0.717, 1.165) is 0 Å². The van der Waals surface area contributed by atoms with Crippen LogP contribution >= 0.6 is 0 Å². The van der Waals surface area contributed by atoms with Gasteiger partial charge in [0, 0.05) is 0 Å². The molecule has 22 heavy (non-hydrogen) atoms. The minimum Gasteiger partial charge on any atom is -0.577 e. The van der Waals surface area contributed by atoms with Gasteiger partial charge >= 0.3 is 75.5 Å². The van der Waals surface area contributed by atoms with Gasteiger partial charge in [0.1, 0.15) is 0 Å². The summed E-state index contributed by atoms with van der Waals surface area (Å²) >= 11 is 0. The molecule has 0 unspecified atom stereocenters. The van der Waals surface area contributed by atoms with Crippen molar-refractivity contribution < 1.29 is 75.5 Å². The summed E-state index contributed by atoms with van der Waals surface area (Å²) in [5.41, 5.74) is 17.2. The molecule has 0 aromatic heterocycles. The maximum Gasteiger partial charge on any atom is 3.00 e. The fourth-order valence-electron chi connectivity index (χ4n) is 0. The van der Waals surface area contributed by atoms with Crippen LogP contribution < -0.4 is 0 Å². The van der Waals surface area contributed by atoms with Gasteiger partial charge < -0.3 is 103 Å². The summed E-state index contributed by atoms with van der Waals surface area (Å²) in [7, 11) is 0. The molecule has 0 heterocycles. The predicted octanol–water partition coefficient (Wildman–Crippen LogP) is 1.53. The fraction of sp³-hybridized carbons (Fsp3) is 0. The molecular weight excluding hydrogens is 498 g/mol. The number of hydrogen-bond donors (Lipinski definition) is 0. The second-order valence-electron chi connectivity index (χ2n) is 0. The van der Waals surface area contributed by atoms with Gasteiger partial charge in [0.05, 0.1) is 0 Å². The normalized spacial score (nSPS) is 1.09. The van der Waals surface area contributed by atoms with E-state index < -0.39 is 0 Å². The third-order valence-electron chi connectivity index (χ3n) is 0. The molecule has 16 heteroatoms. The van der Waals surface area contributed by atoms with Crippen LogP contribution in [-0.4, -0.2) is 0 Å².